The lowest BCUT2D eigenvalue weighted by Crippen LogP contribution is -2.58. The number of carboxylic acid groups (broad SMARTS) is 1. The van der Waals surface area contributed by atoms with Crippen LogP contribution in [-0.4, -0.2) is 82.5 Å². The van der Waals surface area contributed by atoms with Crippen LogP contribution in [0.15, 0.2) is 35.5 Å². The van der Waals surface area contributed by atoms with E-state index in [1.54, 1.807) is 20.0 Å². The summed E-state index contributed by atoms with van der Waals surface area (Å²) in [6.07, 6.45) is 4.42. The number of carboxylic acids is 1. The average Bonchev–Trinajstić information content (AvgIpc) is 3.33. The highest BCUT2D eigenvalue weighted by Gasteiger charge is 2.31. The van der Waals surface area contributed by atoms with Crippen molar-refractivity contribution < 1.29 is 24.3 Å². The lowest BCUT2D eigenvalue weighted by Gasteiger charge is -2.26. The van der Waals surface area contributed by atoms with E-state index < -0.39 is 47.9 Å². The number of benzene rings is 1. The number of nitrogens with zero attached hydrogens (tertiary/aromatic N) is 1. The number of fused-ring (bicyclic) bond motifs is 1. The van der Waals surface area contributed by atoms with Crippen LogP contribution >= 0.6 is 11.8 Å². The third-order valence-electron chi connectivity index (χ3n) is 6.56. The third kappa shape index (κ3) is 10.6. The molecule has 1 aromatic heterocycles. The molecule has 226 valence electrons. The maximum absolute atomic E-state index is 13.5. The Bertz CT molecular complexity index is 1210. The zero-order valence-electron chi connectivity index (χ0n) is 23.7. The van der Waals surface area contributed by atoms with Crippen molar-refractivity contribution in [2.45, 2.75) is 63.7 Å². The summed E-state index contributed by atoms with van der Waals surface area (Å²) in [6, 6.07) is 3.36. The number of hydrogen-bond donors (Lipinski definition) is 8. The number of para-hydroxylation sites is 1. The third-order valence-corrected chi connectivity index (χ3v) is 7.20. The lowest BCUT2D eigenvalue weighted by molar-refractivity contribution is -0.142. The van der Waals surface area contributed by atoms with E-state index in [4.69, 9.17) is 17.2 Å². The van der Waals surface area contributed by atoms with Crippen molar-refractivity contribution in [3.63, 3.8) is 0 Å². The molecule has 11 N–H and O–H groups in total. The first-order valence-electron chi connectivity index (χ1n) is 13.4. The molecule has 2 rings (SSSR count). The zero-order valence-corrected chi connectivity index (χ0v) is 24.5. The largest absolute Gasteiger partial charge is 0.480 e. The van der Waals surface area contributed by atoms with Crippen LogP contribution in [0.3, 0.4) is 0 Å². The molecule has 13 nitrogen and oxygen atoms in total. The van der Waals surface area contributed by atoms with E-state index in [0.717, 1.165) is 16.5 Å². The molecule has 4 unspecified atom stereocenters. The van der Waals surface area contributed by atoms with E-state index in [2.05, 4.69) is 25.9 Å². The fourth-order valence-corrected chi connectivity index (χ4v) is 4.58. The molecule has 0 saturated heterocycles. The fourth-order valence-electron chi connectivity index (χ4n) is 4.11. The van der Waals surface area contributed by atoms with Gasteiger partial charge in [-0.05, 0) is 48.8 Å². The van der Waals surface area contributed by atoms with E-state index in [9.17, 15) is 24.3 Å². The number of rotatable bonds is 17. The molecule has 0 fully saturated rings. The van der Waals surface area contributed by atoms with Crippen LogP contribution in [0.1, 0.15) is 38.7 Å². The molecule has 14 heteroatoms. The molecule has 0 bridgehead atoms. The first-order valence-corrected chi connectivity index (χ1v) is 14.8. The van der Waals surface area contributed by atoms with Gasteiger partial charge in [-0.3, -0.25) is 19.4 Å². The van der Waals surface area contributed by atoms with Crippen molar-refractivity contribution in [2.75, 3.05) is 18.6 Å². The summed E-state index contributed by atoms with van der Waals surface area (Å²) in [5.74, 6) is -2.69. The number of thioether (sulfide) groups is 1. The first-order chi connectivity index (χ1) is 19.4. The SMILES string of the molecule is CSCCC(NC(=O)C(Cc1c[nH]c2ccccc12)NC(=O)C(CCCN=C(N)N)NC(=O)C(N)C(C)C)C(=O)O. The van der Waals surface area contributed by atoms with Gasteiger partial charge >= 0.3 is 5.97 Å². The van der Waals surface area contributed by atoms with Crippen LogP contribution in [0.25, 0.3) is 10.9 Å². The van der Waals surface area contributed by atoms with Gasteiger partial charge in [-0.15, -0.1) is 0 Å². The van der Waals surface area contributed by atoms with Gasteiger partial charge in [0.2, 0.25) is 17.7 Å². The highest BCUT2D eigenvalue weighted by Crippen LogP contribution is 2.19. The number of aromatic nitrogens is 1. The number of amides is 3. The second kappa shape index (κ2) is 16.5. The van der Waals surface area contributed by atoms with Gasteiger partial charge in [0.15, 0.2) is 5.96 Å². The van der Waals surface area contributed by atoms with Gasteiger partial charge in [0.1, 0.15) is 18.1 Å². The predicted octanol–water partition coefficient (Wildman–Crippen LogP) is 0.0394. The van der Waals surface area contributed by atoms with Crippen LogP contribution in [-0.2, 0) is 25.6 Å². The number of guanidine groups is 1. The molecular weight excluding hydrogens is 548 g/mol. The molecule has 0 aliphatic carbocycles. The maximum Gasteiger partial charge on any atom is 0.326 e. The number of carbonyl (C=O) groups excluding carboxylic acids is 3. The van der Waals surface area contributed by atoms with Crippen molar-refractivity contribution in [3.05, 3.63) is 36.0 Å². The van der Waals surface area contributed by atoms with Crippen LogP contribution in [0, 0.1) is 5.92 Å². The average molecular weight is 591 g/mol. The summed E-state index contributed by atoms with van der Waals surface area (Å²) in [5.41, 5.74) is 18.4. The van der Waals surface area contributed by atoms with Gasteiger partial charge < -0.3 is 43.2 Å². The van der Waals surface area contributed by atoms with E-state index >= 15 is 0 Å². The Morgan fingerprint density at radius 3 is 2.24 bits per heavy atom. The van der Waals surface area contributed by atoms with E-state index in [1.165, 1.54) is 11.8 Å². The van der Waals surface area contributed by atoms with Gasteiger partial charge in [-0.1, -0.05) is 32.0 Å². The molecule has 41 heavy (non-hydrogen) atoms. The Hall–Kier alpha value is -3.78. The summed E-state index contributed by atoms with van der Waals surface area (Å²) in [4.78, 5) is 58.6. The van der Waals surface area contributed by atoms with Crippen molar-refractivity contribution in [1.82, 2.24) is 20.9 Å². The quantitative estimate of drug-likeness (QED) is 0.0705. The minimum atomic E-state index is -1.17. The second-order valence-corrected chi connectivity index (χ2v) is 11.1. The van der Waals surface area contributed by atoms with Crippen LogP contribution < -0.4 is 33.2 Å². The van der Waals surface area contributed by atoms with Gasteiger partial charge in [-0.2, -0.15) is 11.8 Å². The van der Waals surface area contributed by atoms with Crippen LogP contribution in [0.4, 0.5) is 0 Å². The Morgan fingerprint density at radius 1 is 0.976 bits per heavy atom. The minimum Gasteiger partial charge on any atom is -0.480 e. The zero-order chi connectivity index (χ0) is 30.5. The van der Waals surface area contributed by atoms with Gasteiger partial charge in [0.25, 0.3) is 0 Å². The predicted molar refractivity (Wildman–Crippen MR) is 161 cm³/mol. The van der Waals surface area contributed by atoms with Crippen molar-refractivity contribution in [1.29, 1.82) is 0 Å². The van der Waals surface area contributed by atoms with E-state index in [-0.39, 0.29) is 37.7 Å². The summed E-state index contributed by atoms with van der Waals surface area (Å²) in [6.45, 7) is 3.80. The lowest BCUT2D eigenvalue weighted by atomic mass is 10.0. The molecule has 1 aromatic carbocycles. The molecular formula is C27H42N8O5S. The van der Waals surface area contributed by atoms with Crippen LogP contribution in [0.2, 0.25) is 0 Å². The molecule has 0 aliphatic rings. The minimum absolute atomic E-state index is 0.0800. The Kier molecular flexibility index (Phi) is 13.4. The monoisotopic (exact) mass is 590 g/mol. The molecule has 4 atom stereocenters. The molecule has 0 radical (unpaired) electrons. The fraction of sp³-hybridized carbons (Fsp3) is 0.519. The summed E-state index contributed by atoms with van der Waals surface area (Å²) < 4.78 is 0. The summed E-state index contributed by atoms with van der Waals surface area (Å²) in [7, 11) is 0. The molecule has 2 aromatic rings. The Labute approximate surface area is 243 Å². The number of carbonyl (C=O) groups is 4. The van der Waals surface area contributed by atoms with Crippen molar-refractivity contribution in [3.8, 4) is 0 Å². The highest BCUT2D eigenvalue weighted by atomic mass is 32.2. The summed E-state index contributed by atoms with van der Waals surface area (Å²) in [5, 5.41) is 18.5. The number of H-pyrrole nitrogens is 1. The van der Waals surface area contributed by atoms with Gasteiger partial charge in [0.05, 0.1) is 6.04 Å². The first kappa shape index (κ1) is 33.4. The smallest absolute Gasteiger partial charge is 0.326 e. The number of hydrogen-bond acceptors (Lipinski definition) is 7. The van der Waals surface area contributed by atoms with Crippen molar-refractivity contribution in [2.24, 2.45) is 28.1 Å². The number of aliphatic carboxylic acids is 1. The Morgan fingerprint density at radius 2 is 1.61 bits per heavy atom. The number of nitrogens with two attached hydrogens (primary N) is 3. The molecule has 1 heterocycles. The highest BCUT2D eigenvalue weighted by molar-refractivity contribution is 7.98. The Balaban J connectivity index is 2.33. The maximum atomic E-state index is 13.5. The van der Waals surface area contributed by atoms with Crippen LogP contribution in [0.5, 0.6) is 0 Å². The van der Waals surface area contributed by atoms with E-state index in [0.29, 0.717) is 12.2 Å². The number of aromatic amines is 1. The van der Waals surface area contributed by atoms with E-state index in [1.807, 2.05) is 30.5 Å². The number of nitrogens with one attached hydrogen (secondary N) is 4. The molecule has 0 aliphatic heterocycles. The second-order valence-electron chi connectivity index (χ2n) is 10.1. The van der Waals surface area contributed by atoms with Gasteiger partial charge in [-0.25, -0.2) is 4.79 Å². The number of aliphatic imine (C=N–C) groups is 1. The van der Waals surface area contributed by atoms with Crippen molar-refractivity contribution >= 4 is 52.3 Å². The summed E-state index contributed by atoms with van der Waals surface area (Å²) >= 11 is 1.46. The van der Waals surface area contributed by atoms with Gasteiger partial charge in [0, 0.05) is 30.1 Å². The molecule has 3 amide bonds. The molecule has 0 saturated carbocycles. The topological polar surface area (TPSA) is 231 Å². The molecule has 0 spiro atoms. The standard InChI is InChI=1S/C27H42N8O5S/c1-15(2)22(28)25(38)33-19(9-6-11-31-27(29)30)23(36)35-21(24(37)34-20(26(39)40)10-12-41-3)13-16-14-32-18-8-5-4-7-17(16)18/h4-5,7-8,14-15,19-22,32H,6,9-13,28H2,1-3H3,(H,33,38)(H,34,37)(H,35,36)(H,39,40)(H4,29,30,31). The normalized spacial score (nSPS) is 14.1.